The highest BCUT2D eigenvalue weighted by molar-refractivity contribution is 7.93. The van der Waals surface area contributed by atoms with E-state index in [0.717, 1.165) is 18.2 Å². The number of para-hydroxylation sites is 1. The molecule has 2 N–H and O–H groups in total. The van der Waals surface area contributed by atoms with Crippen molar-refractivity contribution in [3.8, 4) is 0 Å². The van der Waals surface area contributed by atoms with Crippen molar-refractivity contribution in [1.82, 2.24) is 9.88 Å². The van der Waals surface area contributed by atoms with Crippen LogP contribution in [0, 0.1) is 0 Å². The zero-order valence-electron chi connectivity index (χ0n) is 18.0. The Balaban J connectivity index is 1.46. The normalized spacial score (nSPS) is 16.1. The van der Waals surface area contributed by atoms with E-state index in [9.17, 15) is 18.3 Å². The van der Waals surface area contributed by atoms with Gasteiger partial charge in [-0.2, -0.15) is 0 Å². The number of carbonyl (C=O) groups excluding carboxylic acids is 1. The number of hydrogen-bond acceptors (Lipinski definition) is 5. The van der Waals surface area contributed by atoms with Gasteiger partial charge in [0.05, 0.1) is 11.1 Å². The van der Waals surface area contributed by atoms with Crippen LogP contribution in [0.25, 0.3) is 10.9 Å². The summed E-state index contributed by atoms with van der Waals surface area (Å²) in [5.74, 6) is -0.115. The summed E-state index contributed by atoms with van der Waals surface area (Å²) >= 11 is 0. The van der Waals surface area contributed by atoms with Crippen LogP contribution in [-0.4, -0.2) is 48.0 Å². The summed E-state index contributed by atoms with van der Waals surface area (Å²) in [6.45, 7) is 3.07. The third-order valence-corrected chi connectivity index (χ3v) is 7.38. The Morgan fingerprint density at radius 1 is 1.09 bits per heavy atom. The van der Waals surface area contributed by atoms with E-state index >= 15 is 0 Å². The Bertz CT molecular complexity index is 1210. The number of piperidine rings is 1. The molecule has 32 heavy (non-hydrogen) atoms. The predicted octanol–water partition coefficient (Wildman–Crippen LogP) is 3.80. The molecule has 0 radical (unpaired) electrons. The summed E-state index contributed by atoms with van der Waals surface area (Å²) in [4.78, 5) is 18.9. The van der Waals surface area contributed by atoms with Crippen molar-refractivity contribution in [2.24, 2.45) is 0 Å². The van der Waals surface area contributed by atoms with Gasteiger partial charge in [0, 0.05) is 35.9 Å². The van der Waals surface area contributed by atoms with Crippen LogP contribution in [0.4, 0.5) is 5.69 Å². The number of aromatic nitrogens is 1. The lowest BCUT2D eigenvalue weighted by Crippen LogP contribution is -2.46. The molecule has 1 amide bonds. The standard InChI is InChI=1S/C24H27N3O4S/c1-2-12-24(29)13-16-27(17-14-24)23(28)19-8-10-20(11-9-19)26-32(30,31)21-7-3-5-18-6-4-15-25-22(18)21/h3-11,15,26,29H,2,12-14,16-17H2,1H3. The van der Waals surface area contributed by atoms with Crippen LogP contribution in [0.15, 0.2) is 65.7 Å². The van der Waals surface area contributed by atoms with Crippen LogP contribution in [0.1, 0.15) is 43.0 Å². The number of anilines is 1. The van der Waals surface area contributed by atoms with Gasteiger partial charge in [0.15, 0.2) is 0 Å². The number of benzene rings is 2. The zero-order valence-corrected chi connectivity index (χ0v) is 18.8. The second-order valence-electron chi connectivity index (χ2n) is 8.28. The first-order chi connectivity index (χ1) is 15.3. The van der Waals surface area contributed by atoms with Crippen molar-refractivity contribution in [3.05, 3.63) is 66.4 Å². The molecule has 4 rings (SSSR count). The second-order valence-corrected chi connectivity index (χ2v) is 9.93. The van der Waals surface area contributed by atoms with E-state index in [1.165, 1.54) is 6.07 Å². The third kappa shape index (κ3) is 4.61. The van der Waals surface area contributed by atoms with E-state index in [-0.39, 0.29) is 10.8 Å². The van der Waals surface area contributed by atoms with Crippen LogP contribution in [0.2, 0.25) is 0 Å². The monoisotopic (exact) mass is 453 g/mol. The Morgan fingerprint density at radius 3 is 2.47 bits per heavy atom. The fourth-order valence-electron chi connectivity index (χ4n) is 4.21. The van der Waals surface area contributed by atoms with Crippen molar-refractivity contribution in [1.29, 1.82) is 0 Å². The quantitative estimate of drug-likeness (QED) is 0.591. The molecule has 168 valence electrons. The average molecular weight is 454 g/mol. The first-order valence-corrected chi connectivity index (χ1v) is 12.3. The van der Waals surface area contributed by atoms with Crippen molar-refractivity contribution in [3.63, 3.8) is 0 Å². The Kier molecular flexibility index (Phi) is 6.17. The fourth-order valence-corrected chi connectivity index (χ4v) is 5.45. The molecule has 0 spiro atoms. The number of rotatable bonds is 6. The molecule has 1 fully saturated rings. The molecule has 1 aliphatic heterocycles. The lowest BCUT2D eigenvalue weighted by molar-refractivity contribution is -0.0233. The minimum Gasteiger partial charge on any atom is -0.390 e. The maximum absolute atomic E-state index is 12.9. The number of pyridine rings is 1. The van der Waals surface area contributed by atoms with Gasteiger partial charge >= 0.3 is 0 Å². The Hall–Kier alpha value is -2.97. The van der Waals surface area contributed by atoms with Crippen molar-refractivity contribution < 1.29 is 18.3 Å². The summed E-state index contributed by atoms with van der Waals surface area (Å²) in [5.41, 5.74) is 0.581. The van der Waals surface area contributed by atoms with E-state index in [0.29, 0.717) is 42.7 Å². The smallest absolute Gasteiger partial charge is 0.264 e. The van der Waals surface area contributed by atoms with E-state index in [4.69, 9.17) is 0 Å². The summed E-state index contributed by atoms with van der Waals surface area (Å²) < 4.78 is 28.5. The van der Waals surface area contributed by atoms with Gasteiger partial charge in [0.2, 0.25) is 0 Å². The lowest BCUT2D eigenvalue weighted by atomic mass is 9.87. The number of fused-ring (bicyclic) bond motifs is 1. The number of nitrogens with zero attached hydrogens (tertiary/aromatic N) is 2. The molecule has 3 aromatic rings. The van der Waals surface area contributed by atoms with Gasteiger partial charge < -0.3 is 10.0 Å². The zero-order chi connectivity index (χ0) is 22.8. The third-order valence-electron chi connectivity index (χ3n) is 5.97. The number of amides is 1. The van der Waals surface area contributed by atoms with Gasteiger partial charge in [-0.25, -0.2) is 8.42 Å². The largest absolute Gasteiger partial charge is 0.390 e. The first-order valence-electron chi connectivity index (χ1n) is 10.8. The van der Waals surface area contributed by atoms with Gasteiger partial charge in [-0.05, 0) is 55.7 Å². The van der Waals surface area contributed by atoms with Crippen LogP contribution < -0.4 is 4.72 Å². The van der Waals surface area contributed by atoms with Gasteiger partial charge in [-0.3, -0.25) is 14.5 Å². The van der Waals surface area contributed by atoms with Gasteiger partial charge in [-0.15, -0.1) is 0 Å². The number of sulfonamides is 1. The summed E-state index contributed by atoms with van der Waals surface area (Å²) in [6, 6.07) is 15.0. The van der Waals surface area contributed by atoms with Crippen molar-refractivity contribution in [2.75, 3.05) is 17.8 Å². The summed E-state index contributed by atoms with van der Waals surface area (Å²) in [7, 11) is -3.85. The number of nitrogens with one attached hydrogen (secondary N) is 1. The fraction of sp³-hybridized carbons (Fsp3) is 0.333. The maximum atomic E-state index is 12.9. The predicted molar refractivity (Wildman–Crippen MR) is 124 cm³/mol. The number of aliphatic hydroxyl groups is 1. The molecule has 1 aromatic heterocycles. The van der Waals surface area contributed by atoms with E-state index in [1.807, 2.05) is 19.1 Å². The minimum absolute atomic E-state index is 0.101. The number of carbonyl (C=O) groups is 1. The highest BCUT2D eigenvalue weighted by Crippen LogP contribution is 2.28. The highest BCUT2D eigenvalue weighted by Gasteiger charge is 2.33. The maximum Gasteiger partial charge on any atom is 0.264 e. The SMILES string of the molecule is CCCC1(O)CCN(C(=O)c2ccc(NS(=O)(=O)c3cccc4cccnc34)cc2)CC1. The molecular formula is C24H27N3O4S. The molecule has 2 heterocycles. The van der Waals surface area contributed by atoms with Crippen LogP contribution in [-0.2, 0) is 10.0 Å². The molecule has 2 aromatic carbocycles. The lowest BCUT2D eigenvalue weighted by Gasteiger charge is -2.38. The van der Waals surface area contributed by atoms with Crippen molar-refractivity contribution in [2.45, 2.75) is 43.1 Å². The van der Waals surface area contributed by atoms with E-state index < -0.39 is 15.6 Å². The van der Waals surface area contributed by atoms with E-state index in [2.05, 4.69) is 9.71 Å². The first kappa shape index (κ1) is 22.2. The van der Waals surface area contributed by atoms with Crippen LogP contribution in [0.3, 0.4) is 0 Å². The molecule has 0 unspecified atom stereocenters. The number of likely N-dealkylation sites (tertiary alicyclic amines) is 1. The molecule has 7 nitrogen and oxygen atoms in total. The molecule has 0 bridgehead atoms. The molecule has 0 aliphatic carbocycles. The molecule has 1 aliphatic rings. The average Bonchev–Trinajstić information content (AvgIpc) is 2.79. The summed E-state index contributed by atoms with van der Waals surface area (Å²) in [5, 5.41) is 11.3. The summed E-state index contributed by atoms with van der Waals surface area (Å²) in [6.07, 6.45) is 4.37. The van der Waals surface area contributed by atoms with Crippen LogP contribution >= 0.6 is 0 Å². The molecule has 0 atom stereocenters. The van der Waals surface area contributed by atoms with Crippen LogP contribution in [0.5, 0.6) is 0 Å². The topological polar surface area (TPSA) is 99.6 Å². The van der Waals surface area contributed by atoms with E-state index in [1.54, 1.807) is 47.5 Å². The number of hydrogen-bond donors (Lipinski definition) is 2. The van der Waals surface area contributed by atoms with Crippen molar-refractivity contribution >= 4 is 32.5 Å². The van der Waals surface area contributed by atoms with Gasteiger partial charge in [-0.1, -0.05) is 31.5 Å². The minimum atomic E-state index is -3.85. The molecular weight excluding hydrogens is 426 g/mol. The molecule has 0 saturated carbocycles. The Morgan fingerprint density at radius 2 is 1.78 bits per heavy atom. The van der Waals surface area contributed by atoms with Gasteiger partial charge in [0.25, 0.3) is 15.9 Å². The Labute approximate surface area is 188 Å². The molecule has 1 saturated heterocycles. The second kappa shape index (κ2) is 8.88. The highest BCUT2D eigenvalue weighted by atomic mass is 32.2. The van der Waals surface area contributed by atoms with Gasteiger partial charge in [0.1, 0.15) is 4.90 Å². The molecule has 8 heteroatoms.